The highest BCUT2D eigenvalue weighted by Gasteiger charge is 2.40. The van der Waals surface area contributed by atoms with E-state index in [9.17, 15) is 14.4 Å². The summed E-state index contributed by atoms with van der Waals surface area (Å²) in [4.78, 5) is 36.8. The average molecular weight is 332 g/mol. The molecule has 8 heteroatoms. The lowest BCUT2D eigenvalue weighted by molar-refractivity contribution is -0.140. The molecule has 7 nitrogen and oxygen atoms in total. The lowest BCUT2D eigenvalue weighted by Crippen LogP contribution is -2.49. The quantitative estimate of drug-likeness (QED) is 0.560. The Morgan fingerprint density at radius 1 is 1.36 bits per heavy atom. The number of nitrogens with zero attached hydrogens (tertiary/aromatic N) is 1. The standard InChI is InChI=1S/C14H24N2O5S/c1-4-5-8-21-14(19)16-10(2)22-9-11(16)13(18)15-7-6-12(17)20-3/h10-11H,4-9H2,1-3H3,(H,15,18). The summed E-state index contributed by atoms with van der Waals surface area (Å²) in [5.41, 5.74) is 0. The third-order valence-corrected chi connectivity index (χ3v) is 4.53. The molecule has 0 aromatic heterocycles. The zero-order valence-electron chi connectivity index (χ0n) is 13.3. The molecule has 2 atom stereocenters. The van der Waals surface area contributed by atoms with Gasteiger partial charge < -0.3 is 14.8 Å². The summed E-state index contributed by atoms with van der Waals surface area (Å²) < 4.78 is 9.71. The number of nitrogens with one attached hydrogen (secondary N) is 1. The molecule has 0 radical (unpaired) electrons. The van der Waals surface area contributed by atoms with E-state index in [1.165, 1.54) is 23.8 Å². The fourth-order valence-corrected chi connectivity index (χ4v) is 3.17. The van der Waals surface area contributed by atoms with Gasteiger partial charge in [0.2, 0.25) is 5.91 Å². The van der Waals surface area contributed by atoms with Gasteiger partial charge in [-0.1, -0.05) is 13.3 Å². The second kappa shape index (κ2) is 9.55. The number of amides is 2. The van der Waals surface area contributed by atoms with Crippen molar-refractivity contribution in [2.75, 3.05) is 26.0 Å². The van der Waals surface area contributed by atoms with E-state index in [-0.39, 0.29) is 30.2 Å². The van der Waals surface area contributed by atoms with E-state index in [1.807, 2.05) is 13.8 Å². The van der Waals surface area contributed by atoms with Crippen LogP contribution >= 0.6 is 11.8 Å². The summed E-state index contributed by atoms with van der Waals surface area (Å²) in [7, 11) is 1.30. The van der Waals surface area contributed by atoms with E-state index in [2.05, 4.69) is 10.1 Å². The van der Waals surface area contributed by atoms with Crippen molar-refractivity contribution in [1.82, 2.24) is 10.2 Å². The Balaban J connectivity index is 2.50. The molecular weight excluding hydrogens is 308 g/mol. The minimum atomic E-state index is -0.563. The van der Waals surface area contributed by atoms with Crippen molar-refractivity contribution in [3.8, 4) is 0 Å². The van der Waals surface area contributed by atoms with Gasteiger partial charge in [-0.25, -0.2) is 4.79 Å². The fraction of sp³-hybridized carbons (Fsp3) is 0.786. The molecule has 1 N–H and O–H groups in total. The Morgan fingerprint density at radius 3 is 2.73 bits per heavy atom. The number of methoxy groups -OCH3 is 1. The van der Waals surface area contributed by atoms with Crippen LogP contribution < -0.4 is 5.32 Å². The van der Waals surface area contributed by atoms with Crippen molar-refractivity contribution in [3.63, 3.8) is 0 Å². The highest BCUT2D eigenvalue weighted by Crippen LogP contribution is 2.29. The Morgan fingerprint density at radius 2 is 2.09 bits per heavy atom. The van der Waals surface area contributed by atoms with Gasteiger partial charge >= 0.3 is 12.1 Å². The predicted octanol–water partition coefficient (Wildman–Crippen LogP) is 1.37. The van der Waals surface area contributed by atoms with Gasteiger partial charge in [0, 0.05) is 12.3 Å². The van der Waals surface area contributed by atoms with Crippen LogP contribution in [0.3, 0.4) is 0 Å². The van der Waals surface area contributed by atoms with Crippen LogP contribution in [0, 0.1) is 0 Å². The van der Waals surface area contributed by atoms with Crippen molar-refractivity contribution in [2.24, 2.45) is 0 Å². The van der Waals surface area contributed by atoms with E-state index in [0.29, 0.717) is 12.4 Å². The molecule has 2 unspecified atom stereocenters. The Kier molecular flexibility index (Phi) is 8.08. The highest BCUT2D eigenvalue weighted by atomic mass is 32.2. The maximum atomic E-state index is 12.2. The van der Waals surface area contributed by atoms with Crippen LogP contribution in [0.25, 0.3) is 0 Å². The maximum Gasteiger partial charge on any atom is 0.411 e. The lowest BCUT2D eigenvalue weighted by Gasteiger charge is -2.26. The molecule has 0 aromatic rings. The normalized spacial score (nSPS) is 20.6. The molecule has 1 aliphatic rings. The zero-order valence-corrected chi connectivity index (χ0v) is 14.1. The molecule has 1 rings (SSSR count). The molecule has 1 saturated heterocycles. The number of unbranched alkanes of at least 4 members (excludes halogenated alkanes) is 1. The summed E-state index contributed by atoms with van der Waals surface area (Å²) >= 11 is 1.53. The number of rotatable bonds is 7. The van der Waals surface area contributed by atoms with Crippen LogP contribution in [0.1, 0.15) is 33.1 Å². The largest absolute Gasteiger partial charge is 0.469 e. The minimum Gasteiger partial charge on any atom is -0.469 e. The van der Waals surface area contributed by atoms with E-state index in [4.69, 9.17) is 4.74 Å². The summed E-state index contributed by atoms with van der Waals surface area (Å²) in [6.45, 7) is 4.44. The molecule has 1 heterocycles. The van der Waals surface area contributed by atoms with Gasteiger partial charge in [0.05, 0.1) is 25.5 Å². The van der Waals surface area contributed by atoms with Gasteiger partial charge in [-0.05, 0) is 13.3 Å². The molecule has 0 aromatic carbocycles. The van der Waals surface area contributed by atoms with Gasteiger partial charge in [0.1, 0.15) is 6.04 Å². The molecule has 22 heavy (non-hydrogen) atoms. The first kappa shape index (κ1) is 18.6. The molecule has 0 spiro atoms. The third kappa shape index (κ3) is 5.40. The third-order valence-electron chi connectivity index (χ3n) is 3.32. The van der Waals surface area contributed by atoms with Gasteiger partial charge in [0.25, 0.3) is 0 Å². The molecule has 2 amide bonds. The van der Waals surface area contributed by atoms with Crippen molar-refractivity contribution in [2.45, 2.75) is 44.5 Å². The Hall–Kier alpha value is -1.44. The number of hydrogen-bond acceptors (Lipinski definition) is 6. The van der Waals surface area contributed by atoms with Crippen LogP contribution in [-0.2, 0) is 19.1 Å². The number of carbonyl (C=O) groups is 3. The summed E-state index contributed by atoms with van der Waals surface area (Å²) in [6.07, 6.45) is 1.39. The van der Waals surface area contributed by atoms with E-state index in [1.54, 1.807) is 0 Å². The van der Waals surface area contributed by atoms with E-state index < -0.39 is 12.1 Å². The first-order valence-electron chi connectivity index (χ1n) is 7.42. The number of ether oxygens (including phenoxy) is 2. The topological polar surface area (TPSA) is 84.9 Å². The predicted molar refractivity (Wildman–Crippen MR) is 83.4 cm³/mol. The minimum absolute atomic E-state index is 0.106. The molecule has 1 fully saturated rings. The number of thioether (sulfide) groups is 1. The van der Waals surface area contributed by atoms with Crippen molar-refractivity contribution in [1.29, 1.82) is 0 Å². The maximum absolute atomic E-state index is 12.2. The average Bonchev–Trinajstić information content (AvgIpc) is 2.88. The van der Waals surface area contributed by atoms with Crippen LogP contribution in [0.5, 0.6) is 0 Å². The first-order valence-corrected chi connectivity index (χ1v) is 8.47. The van der Waals surface area contributed by atoms with Crippen molar-refractivity contribution < 1.29 is 23.9 Å². The van der Waals surface area contributed by atoms with Crippen molar-refractivity contribution in [3.05, 3.63) is 0 Å². The smallest absolute Gasteiger partial charge is 0.411 e. The molecular formula is C14H24N2O5S. The number of carbonyl (C=O) groups excluding carboxylic acids is 3. The molecule has 1 aliphatic heterocycles. The summed E-state index contributed by atoms with van der Waals surface area (Å²) in [6, 6.07) is -0.563. The fourth-order valence-electron chi connectivity index (χ4n) is 2.01. The zero-order chi connectivity index (χ0) is 16.5. The summed E-state index contributed by atoms with van der Waals surface area (Å²) in [5.74, 6) is -0.132. The number of hydrogen-bond donors (Lipinski definition) is 1. The second-order valence-electron chi connectivity index (χ2n) is 4.94. The van der Waals surface area contributed by atoms with Gasteiger partial charge in [-0.3, -0.25) is 14.5 Å². The molecule has 0 saturated carbocycles. The van der Waals surface area contributed by atoms with E-state index >= 15 is 0 Å². The number of esters is 1. The SMILES string of the molecule is CCCCOC(=O)N1C(C)SCC1C(=O)NCCC(=O)OC. The van der Waals surface area contributed by atoms with Gasteiger partial charge in [-0.15, -0.1) is 11.8 Å². The van der Waals surface area contributed by atoms with Gasteiger partial charge in [-0.2, -0.15) is 0 Å². The monoisotopic (exact) mass is 332 g/mol. The summed E-state index contributed by atoms with van der Waals surface area (Å²) in [5, 5.41) is 2.55. The second-order valence-corrected chi connectivity index (χ2v) is 6.29. The van der Waals surface area contributed by atoms with Crippen LogP contribution in [-0.4, -0.2) is 60.3 Å². The highest BCUT2D eigenvalue weighted by molar-refractivity contribution is 8.00. The molecule has 126 valence electrons. The van der Waals surface area contributed by atoms with Gasteiger partial charge in [0.15, 0.2) is 0 Å². The van der Waals surface area contributed by atoms with Crippen LogP contribution in [0.2, 0.25) is 0 Å². The molecule has 0 aliphatic carbocycles. The van der Waals surface area contributed by atoms with E-state index in [0.717, 1.165) is 12.8 Å². The van der Waals surface area contributed by atoms with Crippen molar-refractivity contribution >= 4 is 29.7 Å². The first-order chi connectivity index (χ1) is 10.5. The van der Waals surface area contributed by atoms with Crippen LogP contribution in [0.15, 0.2) is 0 Å². The molecule has 0 bridgehead atoms. The Bertz CT molecular complexity index is 405. The lowest BCUT2D eigenvalue weighted by atomic mass is 10.2. The van der Waals surface area contributed by atoms with Crippen LogP contribution in [0.4, 0.5) is 4.79 Å². The Labute approximate surface area is 135 Å².